The van der Waals surface area contributed by atoms with Crippen molar-refractivity contribution in [3.8, 4) is 0 Å². The first-order valence-electron chi connectivity index (χ1n) is 5.09. The van der Waals surface area contributed by atoms with E-state index in [4.69, 9.17) is 0 Å². The van der Waals surface area contributed by atoms with Crippen molar-refractivity contribution in [1.29, 1.82) is 0 Å². The lowest BCUT2D eigenvalue weighted by Crippen LogP contribution is -2.40. The van der Waals surface area contributed by atoms with Crippen LogP contribution in [0.2, 0.25) is 0 Å². The second-order valence-corrected chi connectivity index (χ2v) is 3.61. The molecule has 8 heteroatoms. The first kappa shape index (κ1) is 17.7. The van der Waals surface area contributed by atoms with Gasteiger partial charge in [-0.1, -0.05) is 12.1 Å². The summed E-state index contributed by atoms with van der Waals surface area (Å²) in [6, 6.07) is 5.91. The van der Waals surface area contributed by atoms with Gasteiger partial charge in [0.05, 0.1) is 0 Å². The minimum absolute atomic E-state index is 0. The molecule has 0 heterocycles. The topological polar surface area (TPSA) is 41.1 Å². The van der Waals surface area contributed by atoms with Crippen LogP contribution in [0.15, 0.2) is 24.3 Å². The summed E-state index contributed by atoms with van der Waals surface area (Å²) < 4.78 is 49.1. The Morgan fingerprint density at radius 2 is 1.79 bits per heavy atom. The van der Waals surface area contributed by atoms with E-state index in [1.54, 1.807) is 24.5 Å². The van der Waals surface area contributed by atoms with Crippen molar-refractivity contribution in [1.82, 2.24) is 5.32 Å². The zero-order valence-electron chi connectivity index (χ0n) is 9.92. The molecule has 108 valence electrons. The number of carbonyl (C=O) groups excluding carboxylic acids is 1. The highest BCUT2D eigenvalue weighted by Crippen LogP contribution is 2.24. The summed E-state index contributed by atoms with van der Waals surface area (Å²) >= 11 is 0. The Labute approximate surface area is 113 Å². The zero-order chi connectivity index (χ0) is 13.8. The smallest absolute Gasteiger partial charge is 0.321 e. The Hall–Kier alpha value is -1.34. The summed E-state index contributed by atoms with van der Waals surface area (Å²) in [5.41, 5.74) is 0.913. The van der Waals surface area contributed by atoms with Gasteiger partial charge in [0.25, 0.3) is 0 Å². The first-order chi connectivity index (χ1) is 8.37. The number of benzene rings is 1. The number of rotatable bonds is 5. The number of hydrogen-bond acceptors (Lipinski definition) is 2. The molecule has 1 amide bonds. The third kappa shape index (κ3) is 4.68. The Morgan fingerprint density at radius 1 is 1.26 bits per heavy atom. The van der Waals surface area contributed by atoms with E-state index in [9.17, 15) is 22.4 Å². The number of hydrogen-bond donors (Lipinski definition) is 2. The van der Waals surface area contributed by atoms with Crippen LogP contribution in [-0.4, -0.2) is 25.3 Å². The fourth-order valence-electron chi connectivity index (χ4n) is 1.22. The van der Waals surface area contributed by atoms with E-state index < -0.39 is 18.3 Å². The Balaban J connectivity index is 0.00000324. The van der Waals surface area contributed by atoms with Gasteiger partial charge in [-0.25, -0.2) is 8.78 Å². The summed E-state index contributed by atoms with van der Waals surface area (Å²) in [4.78, 5) is 10.9. The number of nitrogens with one attached hydrogen (secondary N) is 2. The fourth-order valence-corrected chi connectivity index (χ4v) is 1.22. The van der Waals surface area contributed by atoms with Crippen LogP contribution in [0.4, 0.5) is 23.2 Å². The molecule has 0 radical (unpaired) electrons. The molecular formula is C11H13ClF4N2O. The predicted molar refractivity (Wildman–Crippen MR) is 66.0 cm³/mol. The summed E-state index contributed by atoms with van der Waals surface area (Å²) in [6.45, 7) is 0.571. The van der Waals surface area contributed by atoms with E-state index in [1.165, 1.54) is 12.1 Å². The quantitative estimate of drug-likeness (QED) is 0.821. The number of alkyl halides is 4. The highest BCUT2D eigenvalue weighted by molar-refractivity contribution is 5.96. The Kier molecular flexibility index (Phi) is 6.78. The van der Waals surface area contributed by atoms with E-state index in [0.29, 0.717) is 6.54 Å². The molecule has 0 unspecified atom stereocenters. The maximum absolute atomic E-state index is 12.7. The second-order valence-electron chi connectivity index (χ2n) is 3.61. The van der Waals surface area contributed by atoms with E-state index >= 15 is 0 Å². The molecule has 0 atom stereocenters. The van der Waals surface area contributed by atoms with Crippen molar-refractivity contribution in [3.63, 3.8) is 0 Å². The number of anilines is 1. The van der Waals surface area contributed by atoms with E-state index in [-0.39, 0.29) is 18.1 Å². The molecule has 0 bridgehead atoms. The third-order valence-corrected chi connectivity index (χ3v) is 2.17. The van der Waals surface area contributed by atoms with Gasteiger partial charge in [0.15, 0.2) is 0 Å². The second kappa shape index (κ2) is 7.30. The van der Waals surface area contributed by atoms with E-state index in [0.717, 1.165) is 5.56 Å². The highest BCUT2D eigenvalue weighted by atomic mass is 35.5. The average Bonchev–Trinajstić information content (AvgIpc) is 2.31. The van der Waals surface area contributed by atoms with Crippen molar-refractivity contribution >= 4 is 24.0 Å². The third-order valence-electron chi connectivity index (χ3n) is 2.17. The normalized spacial score (nSPS) is 11.1. The fraction of sp³-hybridized carbons (Fsp3) is 0.364. The average molecular weight is 301 g/mol. The molecule has 0 aliphatic heterocycles. The molecule has 1 aromatic carbocycles. The van der Waals surface area contributed by atoms with Gasteiger partial charge in [0.2, 0.25) is 0 Å². The summed E-state index contributed by atoms with van der Waals surface area (Å²) in [5.74, 6) is -6.71. The minimum atomic E-state index is -4.69. The van der Waals surface area contributed by atoms with Gasteiger partial charge in [-0.15, -0.1) is 12.4 Å². The van der Waals surface area contributed by atoms with Gasteiger partial charge in [-0.2, -0.15) is 8.78 Å². The lowest BCUT2D eigenvalue weighted by molar-refractivity contribution is -0.163. The molecule has 0 aromatic heterocycles. The standard InChI is InChI=1S/C11H12F4N2O.ClH/c1-16-6-7-2-4-8(5-3-7)17-10(18)11(14,15)9(12)13;/h2-5,9,16H,6H2,1H3,(H,17,18);1H. The maximum Gasteiger partial charge on any atom is 0.383 e. The molecule has 0 saturated carbocycles. The van der Waals surface area contributed by atoms with Crippen molar-refractivity contribution < 1.29 is 22.4 Å². The molecule has 0 aliphatic rings. The molecule has 1 rings (SSSR count). The van der Waals surface area contributed by atoms with Crippen LogP contribution in [0.5, 0.6) is 0 Å². The summed E-state index contributed by atoms with van der Waals surface area (Å²) in [6.07, 6.45) is -4.03. The van der Waals surface area contributed by atoms with Gasteiger partial charge in [0.1, 0.15) is 0 Å². The summed E-state index contributed by atoms with van der Waals surface area (Å²) in [7, 11) is 1.73. The Bertz CT molecular complexity index is 412. The molecule has 3 nitrogen and oxygen atoms in total. The van der Waals surface area contributed by atoms with Gasteiger partial charge in [0, 0.05) is 12.2 Å². The molecule has 0 aliphatic carbocycles. The van der Waals surface area contributed by atoms with Crippen molar-refractivity contribution in [2.24, 2.45) is 0 Å². The van der Waals surface area contributed by atoms with E-state index in [1.807, 2.05) is 0 Å². The monoisotopic (exact) mass is 300 g/mol. The first-order valence-corrected chi connectivity index (χ1v) is 5.09. The molecule has 19 heavy (non-hydrogen) atoms. The van der Waals surface area contributed by atoms with Crippen molar-refractivity contribution in [2.45, 2.75) is 18.9 Å². The minimum Gasteiger partial charge on any atom is -0.321 e. The lowest BCUT2D eigenvalue weighted by Gasteiger charge is -2.14. The van der Waals surface area contributed by atoms with Gasteiger partial charge in [-0.3, -0.25) is 4.79 Å². The van der Waals surface area contributed by atoms with Gasteiger partial charge in [-0.05, 0) is 24.7 Å². The lowest BCUT2D eigenvalue weighted by atomic mass is 10.2. The number of halogens is 5. The zero-order valence-corrected chi connectivity index (χ0v) is 10.7. The molecule has 0 fully saturated rings. The van der Waals surface area contributed by atoms with Crippen molar-refractivity contribution in [3.05, 3.63) is 29.8 Å². The summed E-state index contributed by atoms with van der Waals surface area (Å²) in [5, 5.41) is 4.62. The van der Waals surface area contributed by atoms with Crippen LogP contribution >= 0.6 is 12.4 Å². The van der Waals surface area contributed by atoms with Gasteiger partial charge < -0.3 is 10.6 Å². The largest absolute Gasteiger partial charge is 0.383 e. The highest BCUT2D eigenvalue weighted by Gasteiger charge is 2.48. The molecule has 0 spiro atoms. The van der Waals surface area contributed by atoms with Crippen LogP contribution in [-0.2, 0) is 11.3 Å². The van der Waals surface area contributed by atoms with E-state index in [2.05, 4.69) is 5.32 Å². The molecule has 1 aromatic rings. The van der Waals surface area contributed by atoms with Crippen LogP contribution in [0, 0.1) is 0 Å². The maximum atomic E-state index is 12.7. The van der Waals surface area contributed by atoms with Gasteiger partial charge >= 0.3 is 18.3 Å². The number of carbonyl (C=O) groups is 1. The van der Waals surface area contributed by atoms with Crippen LogP contribution in [0.25, 0.3) is 0 Å². The predicted octanol–water partition coefficient (Wildman–Crippen LogP) is 2.67. The number of amides is 1. The van der Waals surface area contributed by atoms with Crippen LogP contribution < -0.4 is 10.6 Å². The molecule has 2 N–H and O–H groups in total. The van der Waals surface area contributed by atoms with Crippen LogP contribution in [0.1, 0.15) is 5.56 Å². The van der Waals surface area contributed by atoms with Crippen molar-refractivity contribution in [2.75, 3.05) is 12.4 Å². The molecular weight excluding hydrogens is 288 g/mol. The van der Waals surface area contributed by atoms with Crippen LogP contribution in [0.3, 0.4) is 0 Å². The SMILES string of the molecule is CNCc1ccc(NC(=O)C(F)(F)C(F)F)cc1.Cl. The Morgan fingerprint density at radius 3 is 2.21 bits per heavy atom. The molecule has 0 saturated heterocycles.